The molecule has 0 radical (unpaired) electrons. The molecule has 0 unspecified atom stereocenters. The smallest absolute Gasteiger partial charge is 0.125 e. The van der Waals surface area contributed by atoms with Crippen molar-refractivity contribution >= 4 is 17.4 Å². The van der Waals surface area contributed by atoms with Gasteiger partial charge in [-0.1, -0.05) is 0 Å². The summed E-state index contributed by atoms with van der Waals surface area (Å²) in [5.41, 5.74) is 1.08. The average molecular weight is 263 g/mol. The summed E-state index contributed by atoms with van der Waals surface area (Å²) >= 11 is 1.76. The van der Waals surface area contributed by atoms with Crippen LogP contribution in [0.15, 0.2) is 41.6 Å². The molecule has 0 atom stereocenters. The summed E-state index contributed by atoms with van der Waals surface area (Å²) in [5, 5.41) is 12.0. The molecule has 0 aliphatic rings. The minimum atomic E-state index is 0.260. The molecule has 0 fully saturated rings. The molecule has 0 spiro atoms. The lowest BCUT2D eigenvalue weighted by molar-refractivity contribution is 0.296. The van der Waals surface area contributed by atoms with Gasteiger partial charge in [0.25, 0.3) is 0 Å². The highest BCUT2D eigenvalue weighted by Gasteiger charge is 1.97. The number of aromatic amines is 1. The zero-order valence-corrected chi connectivity index (χ0v) is 10.9. The number of benzene rings is 1. The van der Waals surface area contributed by atoms with Crippen LogP contribution in [0.3, 0.4) is 0 Å². The Morgan fingerprint density at radius 2 is 2.11 bits per heavy atom. The second-order valence-corrected chi connectivity index (χ2v) is 5.01. The van der Waals surface area contributed by atoms with Crippen molar-refractivity contribution in [1.29, 1.82) is 0 Å². The number of hydrogen-bond donors (Lipinski definition) is 3. The molecular formula is C13H17N3OS. The van der Waals surface area contributed by atoms with Crippen LogP contribution in [0.25, 0.3) is 0 Å². The number of imidazole rings is 1. The number of H-pyrrole nitrogens is 1. The predicted molar refractivity (Wildman–Crippen MR) is 74.8 cm³/mol. The Bertz CT molecular complexity index is 442. The summed E-state index contributed by atoms with van der Waals surface area (Å²) in [7, 11) is 0. The third kappa shape index (κ3) is 4.09. The molecule has 0 aliphatic heterocycles. The quantitative estimate of drug-likeness (QED) is 0.530. The van der Waals surface area contributed by atoms with E-state index in [-0.39, 0.29) is 6.61 Å². The Balaban J connectivity index is 1.80. The zero-order chi connectivity index (χ0) is 12.6. The number of aromatic nitrogens is 2. The van der Waals surface area contributed by atoms with Gasteiger partial charge in [-0.3, -0.25) is 0 Å². The largest absolute Gasteiger partial charge is 0.396 e. The van der Waals surface area contributed by atoms with Crippen molar-refractivity contribution in [3.8, 4) is 0 Å². The molecule has 18 heavy (non-hydrogen) atoms. The third-order valence-corrected chi connectivity index (χ3v) is 3.54. The van der Waals surface area contributed by atoms with Crippen LogP contribution in [0.5, 0.6) is 0 Å². The number of aliphatic hydroxyl groups excluding tert-OH is 1. The SMILES string of the molecule is OCCCSc1ccc(NCc2ncc[nH]2)cc1. The molecule has 5 heteroatoms. The predicted octanol–water partition coefficient (Wildman–Crippen LogP) is 2.50. The van der Waals surface area contributed by atoms with Crippen LogP contribution >= 0.6 is 11.8 Å². The number of rotatable bonds is 7. The summed E-state index contributed by atoms with van der Waals surface area (Å²) < 4.78 is 0. The van der Waals surface area contributed by atoms with Crippen LogP contribution in [0, 0.1) is 0 Å². The summed E-state index contributed by atoms with van der Waals surface area (Å²) in [6, 6.07) is 8.30. The highest BCUT2D eigenvalue weighted by Crippen LogP contribution is 2.20. The molecule has 96 valence electrons. The van der Waals surface area contributed by atoms with E-state index in [4.69, 9.17) is 5.11 Å². The highest BCUT2D eigenvalue weighted by atomic mass is 32.2. The lowest BCUT2D eigenvalue weighted by Crippen LogP contribution is -2.00. The number of aliphatic hydroxyl groups is 1. The van der Waals surface area contributed by atoms with Gasteiger partial charge in [-0.15, -0.1) is 11.8 Å². The summed E-state index contributed by atoms with van der Waals surface area (Å²) in [4.78, 5) is 8.43. The fraction of sp³-hybridized carbons (Fsp3) is 0.308. The normalized spacial score (nSPS) is 10.5. The summed E-state index contributed by atoms with van der Waals surface area (Å²) in [6.07, 6.45) is 4.40. The van der Waals surface area contributed by atoms with Gasteiger partial charge in [-0.05, 0) is 30.7 Å². The van der Waals surface area contributed by atoms with Crippen molar-refractivity contribution in [2.45, 2.75) is 17.9 Å². The Hall–Kier alpha value is -1.46. The molecule has 0 amide bonds. The molecule has 0 saturated heterocycles. The molecule has 2 aromatic rings. The van der Waals surface area contributed by atoms with E-state index in [0.717, 1.165) is 23.7 Å². The van der Waals surface area contributed by atoms with Crippen LogP contribution in [0.1, 0.15) is 12.2 Å². The van der Waals surface area contributed by atoms with E-state index in [0.29, 0.717) is 6.54 Å². The van der Waals surface area contributed by atoms with Gasteiger partial charge in [0.2, 0.25) is 0 Å². The summed E-state index contributed by atoms with van der Waals surface area (Å²) in [5.74, 6) is 1.88. The molecule has 1 aromatic carbocycles. The molecule has 1 aromatic heterocycles. The Morgan fingerprint density at radius 1 is 1.28 bits per heavy atom. The topological polar surface area (TPSA) is 60.9 Å². The Kier molecular flexibility index (Phi) is 5.11. The maximum absolute atomic E-state index is 8.72. The van der Waals surface area contributed by atoms with Crippen molar-refractivity contribution < 1.29 is 5.11 Å². The van der Waals surface area contributed by atoms with Gasteiger partial charge in [0.1, 0.15) is 5.82 Å². The van der Waals surface area contributed by atoms with E-state index >= 15 is 0 Å². The fourth-order valence-corrected chi connectivity index (χ4v) is 2.34. The molecule has 2 rings (SSSR count). The van der Waals surface area contributed by atoms with Crippen molar-refractivity contribution in [2.75, 3.05) is 17.7 Å². The number of nitrogens with zero attached hydrogens (tertiary/aromatic N) is 1. The number of nitrogens with one attached hydrogen (secondary N) is 2. The van der Waals surface area contributed by atoms with E-state index in [9.17, 15) is 0 Å². The molecule has 1 heterocycles. The number of anilines is 1. The fourth-order valence-electron chi connectivity index (χ4n) is 1.50. The van der Waals surface area contributed by atoms with Gasteiger partial charge >= 0.3 is 0 Å². The Labute approximate surface area is 111 Å². The van der Waals surface area contributed by atoms with Gasteiger partial charge in [-0.2, -0.15) is 0 Å². The van der Waals surface area contributed by atoms with E-state index in [1.54, 1.807) is 18.0 Å². The van der Waals surface area contributed by atoms with Crippen LogP contribution < -0.4 is 5.32 Å². The minimum absolute atomic E-state index is 0.260. The van der Waals surface area contributed by atoms with Gasteiger partial charge < -0.3 is 15.4 Å². The van der Waals surface area contributed by atoms with E-state index in [1.807, 2.05) is 6.20 Å². The van der Waals surface area contributed by atoms with E-state index in [2.05, 4.69) is 39.6 Å². The first-order valence-corrected chi connectivity index (χ1v) is 6.93. The van der Waals surface area contributed by atoms with Gasteiger partial charge in [0.15, 0.2) is 0 Å². The lowest BCUT2D eigenvalue weighted by Gasteiger charge is -2.06. The van der Waals surface area contributed by atoms with Gasteiger partial charge in [0.05, 0.1) is 6.54 Å². The van der Waals surface area contributed by atoms with Gasteiger partial charge in [-0.25, -0.2) is 4.98 Å². The lowest BCUT2D eigenvalue weighted by atomic mass is 10.3. The van der Waals surface area contributed by atoms with Gasteiger partial charge in [0, 0.05) is 35.3 Å². The Morgan fingerprint density at radius 3 is 2.78 bits per heavy atom. The second kappa shape index (κ2) is 7.08. The first-order chi connectivity index (χ1) is 8.88. The van der Waals surface area contributed by atoms with Crippen molar-refractivity contribution in [1.82, 2.24) is 9.97 Å². The molecule has 3 N–H and O–H groups in total. The second-order valence-electron chi connectivity index (χ2n) is 3.84. The molecule has 4 nitrogen and oxygen atoms in total. The third-order valence-electron chi connectivity index (χ3n) is 2.44. The average Bonchev–Trinajstić information content (AvgIpc) is 2.91. The van der Waals surface area contributed by atoms with Crippen LogP contribution in [-0.4, -0.2) is 27.4 Å². The molecular weight excluding hydrogens is 246 g/mol. The van der Waals surface area contributed by atoms with Crippen molar-refractivity contribution in [2.24, 2.45) is 0 Å². The molecule has 0 bridgehead atoms. The van der Waals surface area contributed by atoms with Crippen LogP contribution in [0.4, 0.5) is 5.69 Å². The van der Waals surface area contributed by atoms with Crippen LogP contribution in [0.2, 0.25) is 0 Å². The van der Waals surface area contributed by atoms with Crippen molar-refractivity contribution in [3.05, 3.63) is 42.5 Å². The maximum Gasteiger partial charge on any atom is 0.125 e. The molecule has 0 saturated carbocycles. The van der Waals surface area contributed by atoms with E-state index in [1.165, 1.54) is 4.90 Å². The first-order valence-electron chi connectivity index (χ1n) is 5.94. The monoisotopic (exact) mass is 263 g/mol. The summed E-state index contributed by atoms with van der Waals surface area (Å²) in [6.45, 7) is 0.958. The van der Waals surface area contributed by atoms with E-state index < -0.39 is 0 Å². The molecule has 0 aliphatic carbocycles. The number of hydrogen-bond acceptors (Lipinski definition) is 4. The standard InChI is InChI=1S/C13H17N3OS/c17-8-1-9-18-12-4-2-11(3-5-12)16-10-13-14-6-7-15-13/h2-7,16-17H,1,8-10H2,(H,14,15). The number of thioether (sulfide) groups is 1. The highest BCUT2D eigenvalue weighted by molar-refractivity contribution is 7.99. The van der Waals surface area contributed by atoms with Crippen molar-refractivity contribution in [3.63, 3.8) is 0 Å². The van der Waals surface area contributed by atoms with Crippen LogP contribution in [-0.2, 0) is 6.54 Å². The maximum atomic E-state index is 8.72. The first kappa shape index (κ1) is 13.0. The minimum Gasteiger partial charge on any atom is -0.396 e. The zero-order valence-electron chi connectivity index (χ0n) is 10.1.